The lowest BCUT2D eigenvalue weighted by Crippen LogP contribution is -2.28. The van der Waals surface area contributed by atoms with Crippen molar-refractivity contribution in [1.29, 1.82) is 0 Å². The van der Waals surface area contributed by atoms with Crippen molar-refractivity contribution in [3.8, 4) is 0 Å². The summed E-state index contributed by atoms with van der Waals surface area (Å²) in [4.78, 5) is 2.53. The highest BCUT2D eigenvalue weighted by Gasteiger charge is 2.25. The second-order valence-electron chi connectivity index (χ2n) is 5.98. The van der Waals surface area contributed by atoms with Gasteiger partial charge in [0, 0.05) is 18.3 Å². The van der Waals surface area contributed by atoms with E-state index in [1.807, 2.05) is 7.05 Å². The highest BCUT2D eigenvalue weighted by Crippen LogP contribution is 2.32. The Kier molecular flexibility index (Phi) is 4.26. The van der Waals surface area contributed by atoms with Gasteiger partial charge < -0.3 is 10.2 Å². The number of nitrogens with zero attached hydrogens (tertiary/aromatic N) is 1. The van der Waals surface area contributed by atoms with E-state index in [9.17, 15) is 0 Å². The Balaban J connectivity index is 1.72. The number of nitrogens with one attached hydrogen (secondary N) is 1. The molecule has 2 nitrogen and oxygen atoms in total. The van der Waals surface area contributed by atoms with E-state index in [0.29, 0.717) is 6.04 Å². The van der Waals surface area contributed by atoms with Gasteiger partial charge in [0.1, 0.15) is 0 Å². The van der Waals surface area contributed by atoms with Gasteiger partial charge in [0.05, 0.1) is 0 Å². The summed E-state index contributed by atoms with van der Waals surface area (Å²) < 4.78 is 0. The molecule has 0 bridgehead atoms. The van der Waals surface area contributed by atoms with Crippen molar-refractivity contribution in [1.82, 2.24) is 5.32 Å². The number of benzene rings is 2. The molecule has 1 unspecified atom stereocenters. The van der Waals surface area contributed by atoms with Crippen LogP contribution in [0.25, 0.3) is 0 Å². The number of hydrogen-bond acceptors (Lipinski definition) is 2. The zero-order valence-electron chi connectivity index (χ0n) is 13.0. The molecule has 1 N–H and O–H groups in total. The van der Waals surface area contributed by atoms with Gasteiger partial charge in [-0.2, -0.15) is 0 Å². The van der Waals surface area contributed by atoms with Crippen molar-refractivity contribution < 1.29 is 0 Å². The Labute approximate surface area is 127 Å². The van der Waals surface area contributed by atoms with Crippen LogP contribution in [0.4, 0.5) is 5.69 Å². The molecule has 1 aliphatic heterocycles. The van der Waals surface area contributed by atoms with Gasteiger partial charge in [-0.3, -0.25) is 0 Å². The van der Waals surface area contributed by atoms with Crippen LogP contribution >= 0.6 is 0 Å². The summed E-state index contributed by atoms with van der Waals surface area (Å²) in [6.45, 7) is 4.36. The molecule has 3 rings (SSSR count). The van der Waals surface area contributed by atoms with Crippen LogP contribution in [0, 0.1) is 0 Å². The summed E-state index contributed by atoms with van der Waals surface area (Å²) >= 11 is 0. The Morgan fingerprint density at radius 2 is 1.76 bits per heavy atom. The van der Waals surface area contributed by atoms with Crippen molar-refractivity contribution in [3.05, 3.63) is 65.2 Å². The minimum Gasteiger partial charge on any atom is -0.364 e. The van der Waals surface area contributed by atoms with Crippen LogP contribution in [0.5, 0.6) is 0 Å². The number of para-hydroxylation sites is 1. The van der Waals surface area contributed by atoms with Crippen molar-refractivity contribution in [2.24, 2.45) is 0 Å². The average molecular weight is 280 g/mol. The molecule has 0 spiro atoms. The summed E-state index contributed by atoms with van der Waals surface area (Å²) in [5.74, 6) is 0. The van der Waals surface area contributed by atoms with Gasteiger partial charge in [-0.05, 0) is 56.1 Å². The highest BCUT2D eigenvalue weighted by atomic mass is 15.2. The number of hydrogen-bond donors (Lipinski definition) is 1. The molecule has 0 aromatic heterocycles. The molecule has 1 aliphatic rings. The molecule has 0 saturated carbocycles. The molecule has 0 fully saturated rings. The number of likely N-dealkylation sites (N-methyl/N-ethyl adjacent to an activating group) is 1. The molecule has 21 heavy (non-hydrogen) atoms. The molecule has 1 heterocycles. The fourth-order valence-electron chi connectivity index (χ4n) is 3.15. The van der Waals surface area contributed by atoms with Gasteiger partial charge in [0.15, 0.2) is 0 Å². The minimum atomic E-state index is 0.589. The van der Waals surface area contributed by atoms with E-state index in [4.69, 9.17) is 0 Å². The van der Waals surface area contributed by atoms with Gasteiger partial charge in [0.25, 0.3) is 0 Å². The van der Waals surface area contributed by atoms with E-state index in [1.54, 1.807) is 0 Å². The van der Waals surface area contributed by atoms with Crippen molar-refractivity contribution in [3.63, 3.8) is 0 Å². The normalized spacial score (nSPS) is 17.0. The van der Waals surface area contributed by atoms with E-state index in [0.717, 1.165) is 25.9 Å². The molecule has 2 heteroatoms. The molecule has 2 aromatic rings. The first-order chi connectivity index (χ1) is 10.3. The smallest absolute Gasteiger partial charge is 0.0432 e. The zero-order chi connectivity index (χ0) is 14.7. The van der Waals surface area contributed by atoms with Crippen molar-refractivity contribution >= 4 is 5.69 Å². The van der Waals surface area contributed by atoms with Gasteiger partial charge in [-0.1, -0.05) is 42.5 Å². The Morgan fingerprint density at radius 3 is 2.52 bits per heavy atom. The first kappa shape index (κ1) is 14.2. The number of anilines is 1. The lowest BCUT2D eigenvalue weighted by molar-refractivity contribution is 0.672. The zero-order valence-corrected chi connectivity index (χ0v) is 13.0. The van der Waals surface area contributed by atoms with E-state index >= 15 is 0 Å². The Bertz CT molecular complexity index is 589. The molecule has 110 valence electrons. The number of fused-ring (bicyclic) bond motifs is 1. The predicted molar refractivity (Wildman–Crippen MR) is 89.9 cm³/mol. The third kappa shape index (κ3) is 3.11. The van der Waals surface area contributed by atoms with Crippen LogP contribution < -0.4 is 10.2 Å². The van der Waals surface area contributed by atoms with E-state index in [1.165, 1.54) is 22.4 Å². The van der Waals surface area contributed by atoms with E-state index in [2.05, 4.69) is 65.7 Å². The third-order valence-electron chi connectivity index (χ3n) is 4.39. The van der Waals surface area contributed by atoms with Crippen molar-refractivity contribution in [2.75, 3.05) is 18.5 Å². The Morgan fingerprint density at radius 1 is 1.05 bits per heavy atom. The maximum Gasteiger partial charge on any atom is 0.0432 e. The fraction of sp³-hybridized carbons (Fsp3) is 0.368. The van der Waals surface area contributed by atoms with Crippen LogP contribution in [-0.2, 0) is 19.4 Å². The monoisotopic (exact) mass is 280 g/mol. The molecule has 0 aliphatic carbocycles. The van der Waals surface area contributed by atoms with E-state index in [-0.39, 0.29) is 0 Å². The lowest BCUT2D eigenvalue weighted by atomic mass is 10.1. The van der Waals surface area contributed by atoms with Crippen LogP contribution in [0.1, 0.15) is 23.6 Å². The second kappa shape index (κ2) is 6.31. The quantitative estimate of drug-likeness (QED) is 0.903. The molecule has 0 radical (unpaired) electrons. The molecule has 1 atom stereocenters. The second-order valence-corrected chi connectivity index (χ2v) is 5.98. The molecular weight excluding hydrogens is 256 g/mol. The third-order valence-corrected chi connectivity index (χ3v) is 4.39. The van der Waals surface area contributed by atoms with Gasteiger partial charge >= 0.3 is 0 Å². The average Bonchev–Trinajstić information content (AvgIpc) is 2.83. The minimum absolute atomic E-state index is 0.589. The SMILES string of the molecule is CNCCc1ccc(CN2c3ccccc3CC2C)cc1. The maximum atomic E-state index is 3.20. The van der Waals surface area contributed by atoms with Crippen LogP contribution in [-0.4, -0.2) is 19.6 Å². The summed E-state index contributed by atoms with van der Waals surface area (Å²) in [7, 11) is 2.00. The van der Waals surface area contributed by atoms with E-state index < -0.39 is 0 Å². The van der Waals surface area contributed by atoms with Crippen molar-refractivity contribution in [2.45, 2.75) is 32.4 Å². The summed E-state index contributed by atoms with van der Waals surface area (Å²) in [5, 5.41) is 3.20. The summed E-state index contributed by atoms with van der Waals surface area (Å²) in [6.07, 6.45) is 2.26. The topological polar surface area (TPSA) is 15.3 Å². The fourth-order valence-corrected chi connectivity index (χ4v) is 3.15. The lowest BCUT2D eigenvalue weighted by Gasteiger charge is -2.25. The van der Waals surface area contributed by atoms with Gasteiger partial charge in [-0.15, -0.1) is 0 Å². The number of rotatable bonds is 5. The van der Waals surface area contributed by atoms with Gasteiger partial charge in [0.2, 0.25) is 0 Å². The predicted octanol–water partition coefficient (Wildman–Crippen LogP) is 3.40. The largest absolute Gasteiger partial charge is 0.364 e. The Hall–Kier alpha value is -1.80. The molecule has 0 saturated heterocycles. The van der Waals surface area contributed by atoms with Gasteiger partial charge in [-0.25, -0.2) is 0 Å². The summed E-state index contributed by atoms with van der Waals surface area (Å²) in [5.41, 5.74) is 5.69. The first-order valence-electron chi connectivity index (χ1n) is 7.85. The standard InChI is InChI=1S/C19H24N2/c1-15-13-18-5-3-4-6-19(18)21(15)14-17-9-7-16(8-10-17)11-12-20-2/h3-10,15,20H,11-14H2,1-2H3. The molecule has 0 amide bonds. The maximum absolute atomic E-state index is 3.20. The highest BCUT2D eigenvalue weighted by molar-refractivity contribution is 5.59. The molecule has 2 aromatic carbocycles. The van der Waals surface area contributed by atoms with Crippen LogP contribution in [0.2, 0.25) is 0 Å². The molecular formula is C19H24N2. The summed E-state index contributed by atoms with van der Waals surface area (Å²) in [6, 6.07) is 18.5. The first-order valence-corrected chi connectivity index (χ1v) is 7.85. The van der Waals surface area contributed by atoms with Crippen LogP contribution in [0.3, 0.4) is 0 Å². The van der Waals surface area contributed by atoms with Crippen LogP contribution in [0.15, 0.2) is 48.5 Å².